The Hall–Kier alpha value is -4.95. The van der Waals surface area contributed by atoms with E-state index in [0.717, 1.165) is 52.1 Å². The van der Waals surface area contributed by atoms with Crippen molar-refractivity contribution in [3.05, 3.63) is 138 Å². The summed E-state index contributed by atoms with van der Waals surface area (Å²) in [7, 11) is 1.64. The molecule has 2 aromatic heterocycles. The molecule has 8 heteroatoms. The summed E-state index contributed by atoms with van der Waals surface area (Å²) >= 11 is 1.34. The highest BCUT2D eigenvalue weighted by Crippen LogP contribution is 2.41. The van der Waals surface area contributed by atoms with Crippen LogP contribution in [0.5, 0.6) is 5.75 Å². The van der Waals surface area contributed by atoms with Gasteiger partial charge in [-0.2, -0.15) is 0 Å². The fourth-order valence-corrected chi connectivity index (χ4v) is 6.89. The molecule has 1 atom stereocenters. The van der Waals surface area contributed by atoms with Crippen LogP contribution in [0.4, 0.5) is 0 Å². The zero-order valence-electron chi connectivity index (χ0n) is 22.9. The summed E-state index contributed by atoms with van der Waals surface area (Å²) in [5.41, 5.74) is 6.90. The number of ether oxygens (including phenoxy) is 1. The molecule has 0 amide bonds. The number of furan rings is 1. The number of nitrogens with zero attached hydrogens (tertiary/aromatic N) is 2. The van der Waals surface area contributed by atoms with Gasteiger partial charge in [0.1, 0.15) is 17.3 Å². The monoisotopic (exact) mass is 573 g/mol. The first kappa shape index (κ1) is 26.0. The second-order valence-electron chi connectivity index (χ2n) is 10.4. The Morgan fingerprint density at radius 2 is 1.90 bits per heavy atom. The minimum atomic E-state index is -1.22. The van der Waals surface area contributed by atoms with Crippen molar-refractivity contribution in [2.75, 3.05) is 7.11 Å². The number of aromatic nitrogens is 1. The van der Waals surface area contributed by atoms with Crippen LogP contribution in [0.2, 0.25) is 0 Å². The molecule has 3 heterocycles. The molecule has 0 fully saturated rings. The first-order valence-corrected chi connectivity index (χ1v) is 14.4. The summed E-state index contributed by atoms with van der Waals surface area (Å²) in [6.45, 7) is 1.82. The predicted molar refractivity (Wildman–Crippen MR) is 159 cm³/mol. The Balaban J connectivity index is 1.37. The molecule has 0 spiro atoms. The van der Waals surface area contributed by atoms with Gasteiger partial charge < -0.3 is 19.1 Å². The van der Waals surface area contributed by atoms with Gasteiger partial charge in [0.25, 0.3) is 5.56 Å². The van der Waals surface area contributed by atoms with Crippen LogP contribution >= 0.6 is 11.3 Å². The quantitative estimate of drug-likeness (QED) is 0.313. The fraction of sp³-hybridized carbons (Fsp3) is 0.147. The van der Waals surface area contributed by atoms with E-state index in [0.29, 0.717) is 20.9 Å². The molecular weight excluding hydrogens is 548 g/mol. The lowest BCUT2D eigenvalue weighted by Gasteiger charge is -2.31. The number of carbonyl (C=O) groups excluding carboxylic acids is 1. The maximum absolute atomic E-state index is 14.0. The Morgan fingerprint density at radius 1 is 1.05 bits per heavy atom. The average Bonchev–Trinajstić information content (AvgIpc) is 3.59. The van der Waals surface area contributed by atoms with Crippen molar-refractivity contribution in [2.45, 2.75) is 25.8 Å². The van der Waals surface area contributed by atoms with Crippen LogP contribution in [0.1, 0.15) is 50.8 Å². The molecule has 0 bridgehead atoms. The van der Waals surface area contributed by atoms with Gasteiger partial charge in [-0.25, -0.2) is 4.99 Å². The van der Waals surface area contributed by atoms with E-state index in [-0.39, 0.29) is 17.2 Å². The van der Waals surface area contributed by atoms with E-state index in [9.17, 15) is 14.7 Å². The van der Waals surface area contributed by atoms with Gasteiger partial charge in [-0.3, -0.25) is 9.36 Å². The van der Waals surface area contributed by atoms with E-state index >= 15 is 0 Å². The lowest BCUT2D eigenvalue weighted by atomic mass is 9.83. The number of rotatable bonds is 5. The Labute approximate surface area is 245 Å². The molecule has 1 aliphatic carbocycles. The number of aryl methyl sites for hydroxylation is 2. The molecular formula is C34H25N2O5S-. The normalized spacial score (nSPS) is 16.0. The van der Waals surface area contributed by atoms with Crippen molar-refractivity contribution in [2.24, 2.45) is 4.99 Å². The molecule has 0 unspecified atom stereocenters. The maximum Gasteiger partial charge on any atom is 0.271 e. The molecule has 0 N–H and O–H groups in total. The van der Waals surface area contributed by atoms with Gasteiger partial charge in [0.15, 0.2) is 4.80 Å². The highest BCUT2D eigenvalue weighted by Gasteiger charge is 2.32. The molecule has 5 aromatic rings. The number of benzene rings is 3. The highest BCUT2D eigenvalue weighted by molar-refractivity contribution is 7.07. The molecule has 3 aromatic carbocycles. The fourth-order valence-electron chi connectivity index (χ4n) is 5.91. The molecule has 0 radical (unpaired) electrons. The average molecular weight is 574 g/mol. The Bertz CT molecular complexity index is 2110. The maximum atomic E-state index is 14.0. The van der Waals surface area contributed by atoms with Gasteiger partial charge in [0.05, 0.1) is 29.4 Å². The number of carboxylic acids is 1. The Kier molecular flexibility index (Phi) is 6.28. The molecule has 7 rings (SSSR count). The summed E-state index contributed by atoms with van der Waals surface area (Å²) < 4.78 is 13.9. The van der Waals surface area contributed by atoms with E-state index in [2.05, 4.69) is 18.2 Å². The third kappa shape index (κ3) is 4.31. The Morgan fingerprint density at radius 3 is 2.71 bits per heavy atom. The van der Waals surface area contributed by atoms with E-state index in [1.165, 1.54) is 23.0 Å². The van der Waals surface area contributed by atoms with E-state index in [1.54, 1.807) is 36.0 Å². The number of thiazole rings is 1. The first-order chi connectivity index (χ1) is 20.4. The van der Waals surface area contributed by atoms with Crippen LogP contribution in [0.15, 0.2) is 98.6 Å². The van der Waals surface area contributed by atoms with E-state index in [4.69, 9.17) is 14.1 Å². The molecule has 0 saturated carbocycles. The zero-order valence-corrected chi connectivity index (χ0v) is 23.7. The smallest absolute Gasteiger partial charge is 0.271 e. The molecule has 42 heavy (non-hydrogen) atoms. The van der Waals surface area contributed by atoms with Gasteiger partial charge in [0.2, 0.25) is 0 Å². The van der Waals surface area contributed by atoms with Crippen LogP contribution in [-0.2, 0) is 6.42 Å². The highest BCUT2D eigenvalue weighted by atomic mass is 32.1. The van der Waals surface area contributed by atoms with E-state index in [1.807, 2.05) is 43.3 Å². The number of hydrogen-bond acceptors (Lipinski definition) is 7. The van der Waals surface area contributed by atoms with Crippen molar-refractivity contribution in [1.82, 2.24) is 4.57 Å². The lowest BCUT2D eigenvalue weighted by Crippen LogP contribution is -2.38. The molecule has 208 valence electrons. The van der Waals surface area contributed by atoms with Gasteiger partial charge in [-0.15, -0.1) is 0 Å². The SMILES string of the molecule is COc1cccc([C@H]2C3=C(N=c4s/c(=C/c5ccc(-c6ccc(C(=O)[O-])cc6C)o5)c(=O)n42)c2ccccc2CC3)c1. The molecule has 1 aliphatic heterocycles. The summed E-state index contributed by atoms with van der Waals surface area (Å²) in [6.07, 6.45) is 3.44. The second kappa shape index (κ2) is 10.2. The van der Waals surface area contributed by atoms with Crippen LogP contribution in [0.3, 0.4) is 0 Å². The number of fused-ring (bicyclic) bond motifs is 3. The minimum Gasteiger partial charge on any atom is -0.545 e. The zero-order chi connectivity index (χ0) is 29.0. The van der Waals surface area contributed by atoms with Gasteiger partial charge in [-0.1, -0.05) is 59.9 Å². The molecule has 0 saturated heterocycles. The first-order valence-electron chi connectivity index (χ1n) is 13.6. The van der Waals surface area contributed by atoms with Crippen molar-refractivity contribution < 1.29 is 19.1 Å². The molecule has 7 nitrogen and oxygen atoms in total. The topological polar surface area (TPSA) is 96.9 Å². The summed E-state index contributed by atoms with van der Waals surface area (Å²) in [5.74, 6) is 0.608. The lowest BCUT2D eigenvalue weighted by molar-refractivity contribution is -0.255. The summed E-state index contributed by atoms with van der Waals surface area (Å²) in [5, 5.41) is 11.2. The third-order valence-electron chi connectivity index (χ3n) is 7.91. The van der Waals surface area contributed by atoms with Crippen LogP contribution in [-0.4, -0.2) is 17.6 Å². The van der Waals surface area contributed by atoms with Crippen LogP contribution < -0.4 is 24.7 Å². The third-order valence-corrected chi connectivity index (χ3v) is 8.89. The summed E-state index contributed by atoms with van der Waals surface area (Å²) in [6, 6.07) is 24.3. The van der Waals surface area contributed by atoms with Crippen LogP contribution in [0.25, 0.3) is 23.1 Å². The second-order valence-corrected chi connectivity index (χ2v) is 11.4. The number of aromatic carboxylic acids is 1. The van der Waals surface area contributed by atoms with Crippen molar-refractivity contribution >= 4 is 29.1 Å². The van der Waals surface area contributed by atoms with Crippen molar-refractivity contribution in [3.8, 4) is 17.1 Å². The number of carbonyl (C=O) groups is 1. The largest absolute Gasteiger partial charge is 0.545 e. The standard InChI is InChI=1S/C34H26N2O5S/c1-19-16-22(33(38)39)11-13-25(19)28-15-12-24(41-28)18-29-32(37)36-31(21-7-5-8-23(17-21)40-2)27-14-10-20-6-3-4-9-26(20)30(27)35-34(36)42-29/h3-9,11-13,15-18,31H,10,14H2,1-2H3,(H,38,39)/p-1/b29-18+/t31-/m0/s1. The van der Waals surface area contributed by atoms with Gasteiger partial charge >= 0.3 is 0 Å². The predicted octanol–water partition coefficient (Wildman–Crippen LogP) is 4.26. The number of methoxy groups -OCH3 is 1. The van der Waals surface area contributed by atoms with Crippen molar-refractivity contribution in [3.63, 3.8) is 0 Å². The van der Waals surface area contributed by atoms with Crippen molar-refractivity contribution in [1.29, 1.82) is 0 Å². The van der Waals surface area contributed by atoms with Gasteiger partial charge in [0, 0.05) is 17.2 Å². The molecule has 2 aliphatic rings. The van der Waals surface area contributed by atoms with Crippen LogP contribution in [0, 0.1) is 6.92 Å². The number of carboxylic acid groups (broad SMARTS) is 1. The van der Waals surface area contributed by atoms with Gasteiger partial charge in [-0.05, 0) is 77.9 Å². The number of allylic oxidation sites excluding steroid dienone is 1. The summed E-state index contributed by atoms with van der Waals surface area (Å²) in [4.78, 5) is 31.0. The number of hydrogen-bond donors (Lipinski definition) is 0. The van der Waals surface area contributed by atoms with E-state index < -0.39 is 5.97 Å². The minimum absolute atomic E-state index is 0.111.